The molecule has 2 heterocycles. The molecule has 44 valence electrons. The SMILES string of the molecule is [2H]c1cccc2ccnn12. The first kappa shape index (κ1) is 3.67. The second-order valence-electron chi connectivity index (χ2n) is 1.82. The molecule has 0 fully saturated rings. The second kappa shape index (κ2) is 1.58. The van der Waals surface area contributed by atoms with Gasteiger partial charge in [-0.3, -0.25) is 0 Å². The number of pyridine rings is 1. The van der Waals surface area contributed by atoms with Gasteiger partial charge in [0.25, 0.3) is 0 Å². The Morgan fingerprint density at radius 1 is 1.44 bits per heavy atom. The molecule has 0 aliphatic heterocycles. The quantitative estimate of drug-likeness (QED) is 0.511. The highest BCUT2D eigenvalue weighted by atomic mass is 15.2. The highest BCUT2D eigenvalue weighted by Gasteiger charge is 1.85. The van der Waals surface area contributed by atoms with Gasteiger partial charge in [-0.25, -0.2) is 4.52 Å². The average molecular weight is 119 g/mol. The minimum Gasteiger partial charge on any atom is -0.241 e. The fourth-order valence-corrected chi connectivity index (χ4v) is 0.808. The molecule has 0 aromatic carbocycles. The molecule has 0 aliphatic rings. The van der Waals surface area contributed by atoms with E-state index in [9.17, 15) is 0 Å². The Hall–Kier alpha value is -1.31. The Morgan fingerprint density at radius 2 is 2.44 bits per heavy atom. The number of rotatable bonds is 0. The van der Waals surface area contributed by atoms with Gasteiger partial charge in [0.2, 0.25) is 0 Å². The second-order valence-corrected chi connectivity index (χ2v) is 1.82. The molecule has 2 heteroatoms. The molecule has 0 aliphatic carbocycles. The van der Waals surface area contributed by atoms with E-state index >= 15 is 0 Å². The minimum atomic E-state index is 0.419. The maximum absolute atomic E-state index is 7.38. The molecule has 0 saturated heterocycles. The zero-order valence-corrected chi connectivity index (χ0v) is 4.78. The lowest BCUT2D eigenvalue weighted by Crippen LogP contribution is -1.81. The summed E-state index contributed by atoms with van der Waals surface area (Å²) in [7, 11) is 0. The van der Waals surface area contributed by atoms with E-state index in [-0.39, 0.29) is 0 Å². The van der Waals surface area contributed by atoms with Crippen molar-refractivity contribution in [2.24, 2.45) is 0 Å². The van der Waals surface area contributed by atoms with E-state index < -0.39 is 0 Å². The standard InChI is InChI=1S/C7H6N2/c1-2-6-9-7(3-1)4-5-8-9/h1-6H/i6D. The predicted molar refractivity (Wildman–Crippen MR) is 35.2 cm³/mol. The van der Waals surface area contributed by atoms with E-state index in [1.807, 2.05) is 18.2 Å². The van der Waals surface area contributed by atoms with Gasteiger partial charge >= 0.3 is 0 Å². The van der Waals surface area contributed by atoms with E-state index in [2.05, 4.69) is 5.10 Å². The summed E-state index contributed by atoms with van der Waals surface area (Å²) in [6.07, 6.45) is 2.11. The normalized spacial score (nSPS) is 11.8. The van der Waals surface area contributed by atoms with Crippen LogP contribution in [0.1, 0.15) is 1.37 Å². The highest BCUT2D eigenvalue weighted by Crippen LogP contribution is 1.98. The molecule has 0 spiro atoms. The zero-order valence-electron chi connectivity index (χ0n) is 5.78. The van der Waals surface area contributed by atoms with Crippen molar-refractivity contribution in [1.29, 1.82) is 0 Å². The molecule has 0 unspecified atom stereocenters. The van der Waals surface area contributed by atoms with Crippen molar-refractivity contribution in [2.75, 3.05) is 0 Å². The van der Waals surface area contributed by atoms with Crippen LogP contribution in [-0.2, 0) is 0 Å². The van der Waals surface area contributed by atoms with Gasteiger partial charge in [0.15, 0.2) is 0 Å². The monoisotopic (exact) mass is 119 g/mol. The molecule has 2 aromatic heterocycles. The third kappa shape index (κ3) is 0.598. The van der Waals surface area contributed by atoms with Crippen LogP contribution in [-0.4, -0.2) is 9.61 Å². The number of fused-ring (bicyclic) bond motifs is 1. The third-order valence-electron chi connectivity index (χ3n) is 1.23. The van der Waals surface area contributed by atoms with Crippen LogP contribution in [0.5, 0.6) is 0 Å². The molecule has 9 heavy (non-hydrogen) atoms. The molecule has 2 aromatic rings. The van der Waals surface area contributed by atoms with Crippen molar-refractivity contribution >= 4 is 5.52 Å². The van der Waals surface area contributed by atoms with Crippen LogP contribution in [0.4, 0.5) is 0 Å². The first-order valence-electron chi connectivity index (χ1n) is 3.27. The van der Waals surface area contributed by atoms with Crippen LogP contribution >= 0.6 is 0 Å². The largest absolute Gasteiger partial charge is 0.241 e. The molecule has 0 saturated carbocycles. The summed E-state index contributed by atoms with van der Waals surface area (Å²) >= 11 is 0. The third-order valence-corrected chi connectivity index (χ3v) is 1.23. The van der Waals surface area contributed by atoms with Gasteiger partial charge in [0.1, 0.15) is 0 Å². The Kier molecular flexibility index (Phi) is 0.646. The first-order valence-corrected chi connectivity index (χ1v) is 2.77. The van der Waals surface area contributed by atoms with Crippen molar-refractivity contribution in [2.45, 2.75) is 0 Å². The van der Waals surface area contributed by atoms with Crippen molar-refractivity contribution in [3.05, 3.63) is 36.6 Å². The Labute approximate surface area is 54.1 Å². The van der Waals surface area contributed by atoms with Crippen LogP contribution in [0.25, 0.3) is 5.52 Å². The maximum atomic E-state index is 7.38. The fourth-order valence-electron chi connectivity index (χ4n) is 0.808. The Bertz CT molecular complexity index is 353. The van der Waals surface area contributed by atoms with Crippen LogP contribution in [0.3, 0.4) is 0 Å². The number of aromatic nitrogens is 2. The van der Waals surface area contributed by atoms with Gasteiger partial charge in [-0.15, -0.1) is 0 Å². The maximum Gasteiger partial charge on any atom is 0.0841 e. The summed E-state index contributed by atoms with van der Waals surface area (Å²) in [6, 6.07) is 7.35. The van der Waals surface area contributed by atoms with E-state index in [1.165, 1.54) is 0 Å². The van der Waals surface area contributed by atoms with Crippen LogP contribution in [0.2, 0.25) is 0 Å². The van der Waals surface area contributed by atoms with Gasteiger partial charge in [-0.05, 0) is 18.2 Å². The van der Waals surface area contributed by atoms with Gasteiger partial charge in [0, 0.05) is 12.4 Å². The zero-order chi connectivity index (χ0) is 6.97. The van der Waals surface area contributed by atoms with Gasteiger partial charge in [-0.2, -0.15) is 5.10 Å². The fraction of sp³-hybridized carbons (Fsp3) is 0. The molecule has 2 rings (SSSR count). The van der Waals surface area contributed by atoms with Crippen molar-refractivity contribution in [1.82, 2.24) is 9.61 Å². The van der Waals surface area contributed by atoms with E-state index in [0.29, 0.717) is 6.17 Å². The first-order chi connectivity index (χ1) is 4.88. The van der Waals surface area contributed by atoms with Crippen molar-refractivity contribution < 1.29 is 1.37 Å². The minimum absolute atomic E-state index is 0.419. The lowest BCUT2D eigenvalue weighted by atomic mass is 10.4. The van der Waals surface area contributed by atoms with Crippen LogP contribution in [0.15, 0.2) is 36.6 Å². The van der Waals surface area contributed by atoms with Crippen LogP contribution in [0, 0.1) is 0 Å². The van der Waals surface area contributed by atoms with E-state index in [1.54, 1.807) is 16.8 Å². The summed E-state index contributed by atoms with van der Waals surface area (Å²) < 4.78 is 8.96. The number of nitrogens with zero attached hydrogens (tertiary/aromatic N) is 2. The Balaban J connectivity index is 2.95. The molecular formula is C7H6N2. The topological polar surface area (TPSA) is 17.3 Å². The van der Waals surface area contributed by atoms with Crippen molar-refractivity contribution in [3.63, 3.8) is 0 Å². The van der Waals surface area contributed by atoms with E-state index in [0.717, 1.165) is 5.52 Å². The molecule has 0 N–H and O–H groups in total. The van der Waals surface area contributed by atoms with Gasteiger partial charge in [-0.1, -0.05) is 6.07 Å². The smallest absolute Gasteiger partial charge is 0.0841 e. The molecule has 0 atom stereocenters. The highest BCUT2D eigenvalue weighted by molar-refractivity contribution is 5.44. The molecular weight excluding hydrogens is 112 g/mol. The molecule has 2 nitrogen and oxygen atoms in total. The van der Waals surface area contributed by atoms with E-state index in [4.69, 9.17) is 1.37 Å². The molecule has 0 amide bonds. The lowest BCUT2D eigenvalue weighted by Gasteiger charge is -1.86. The van der Waals surface area contributed by atoms with Crippen LogP contribution < -0.4 is 0 Å². The average Bonchev–Trinajstić information content (AvgIpc) is 2.36. The van der Waals surface area contributed by atoms with Gasteiger partial charge in [0.05, 0.1) is 6.89 Å². The summed E-state index contributed by atoms with van der Waals surface area (Å²) in [4.78, 5) is 0. The van der Waals surface area contributed by atoms with Crippen molar-refractivity contribution in [3.8, 4) is 0 Å². The molecule has 0 radical (unpaired) electrons. The number of hydrogen-bond donors (Lipinski definition) is 0. The number of hydrogen-bond acceptors (Lipinski definition) is 1. The lowest BCUT2D eigenvalue weighted by molar-refractivity contribution is 0.961. The van der Waals surface area contributed by atoms with Gasteiger partial charge < -0.3 is 0 Å². The summed E-state index contributed by atoms with van der Waals surface area (Å²) in [6.45, 7) is 0. The summed E-state index contributed by atoms with van der Waals surface area (Å²) in [5, 5.41) is 3.95. The predicted octanol–water partition coefficient (Wildman–Crippen LogP) is 1.33. The molecule has 0 bridgehead atoms. The summed E-state index contributed by atoms with van der Waals surface area (Å²) in [5.41, 5.74) is 0.965. The Morgan fingerprint density at radius 3 is 3.33 bits per heavy atom. The summed E-state index contributed by atoms with van der Waals surface area (Å²) in [5.74, 6) is 0.